The fourth-order valence-electron chi connectivity index (χ4n) is 3.65. The molecule has 1 aromatic heterocycles. The molecule has 0 radical (unpaired) electrons. The quantitative estimate of drug-likeness (QED) is 0.692. The van der Waals surface area contributed by atoms with Gasteiger partial charge in [-0.1, -0.05) is 17.7 Å². The molecule has 3 aromatic rings. The van der Waals surface area contributed by atoms with Crippen LogP contribution in [0.15, 0.2) is 67.3 Å². The van der Waals surface area contributed by atoms with Crippen LogP contribution >= 0.6 is 0 Å². The molecule has 148 valence electrons. The van der Waals surface area contributed by atoms with Gasteiger partial charge in [-0.05, 0) is 49.7 Å². The van der Waals surface area contributed by atoms with E-state index in [1.165, 1.54) is 0 Å². The average Bonchev–Trinajstić information content (AvgIpc) is 3.17. The molecule has 0 spiro atoms. The maximum atomic E-state index is 12.9. The number of aromatic nitrogens is 2. The third-order valence-electron chi connectivity index (χ3n) is 5.25. The van der Waals surface area contributed by atoms with Gasteiger partial charge < -0.3 is 14.4 Å². The van der Waals surface area contributed by atoms with Gasteiger partial charge in [0.15, 0.2) is 0 Å². The van der Waals surface area contributed by atoms with Gasteiger partial charge in [-0.3, -0.25) is 9.59 Å². The molecule has 0 aliphatic carbocycles. The van der Waals surface area contributed by atoms with Crippen LogP contribution in [0.4, 0.5) is 0 Å². The SMILES string of the molecule is Cc1cccc(C(=O)N2CCCN(C(=O)c3ccc(-n4ccnc4)cc3)CC2)c1. The number of nitrogens with zero attached hydrogens (tertiary/aromatic N) is 4. The molecule has 1 aliphatic heterocycles. The number of benzene rings is 2. The first kappa shape index (κ1) is 18.9. The van der Waals surface area contributed by atoms with Gasteiger partial charge in [0.2, 0.25) is 0 Å². The zero-order valence-electron chi connectivity index (χ0n) is 16.5. The summed E-state index contributed by atoms with van der Waals surface area (Å²) in [5.41, 5.74) is 3.40. The van der Waals surface area contributed by atoms with E-state index in [1.54, 1.807) is 12.5 Å². The van der Waals surface area contributed by atoms with Crippen LogP contribution in [0.25, 0.3) is 5.69 Å². The summed E-state index contributed by atoms with van der Waals surface area (Å²) in [6.07, 6.45) is 6.09. The summed E-state index contributed by atoms with van der Waals surface area (Å²) >= 11 is 0. The van der Waals surface area contributed by atoms with Gasteiger partial charge in [-0.2, -0.15) is 0 Å². The van der Waals surface area contributed by atoms with Crippen LogP contribution in [0.5, 0.6) is 0 Å². The summed E-state index contributed by atoms with van der Waals surface area (Å²) in [7, 11) is 0. The van der Waals surface area contributed by atoms with Crippen LogP contribution < -0.4 is 0 Å². The Hall–Kier alpha value is -3.41. The summed E-state index contributed by atoms with van der Waals surface area (Å²) in [5, 5.41) is 0. The number of carbonyl (C=O) groups excluding carboxylic acids is 2. The van der Waals surface area contributed by atoms with Gasteiger partial charge in [0.05, 0.1) is 6.33 Å². The number of hydrogen-bond donors (Lipinski definition) is 0. The van der Waals surface area contributed by atoms with Crippen LogP contribution in [0, 0.1) is 6.92 Å². The number of amides is 2. The Morgan fingerprint density at radius 1 is 0.862 bits per heavy atom. The van der Waals surface area contributed by atoms with Crippen LogP contribution in [0.2, 0.25) is 0 Å². The molecule has 1 saturated heterocycles. The highest BCUT2D eigenvalue weighted by atomic mass is 16.2. The zero-order valence-corrected chi connectivity index (χ0v) is 16.5. The third kappa shape index (κ3) is 4.21. The number of rotatable bonds is 3. The first-order valence-corrected chi connectivity index (χ1v) is 9.85. The fraction of sp³-hybridized carbons (Fsp3) is 0.261. The molecule has 1 fully saturated rings. The van der Waals surface area contributed by atoms with Crippen LogP contribution in [-0.2, 0) is 0 Å². The Morgan fingerprint density at radius 3 is 2.17 bits per heavy atom. The fourth-order valence-corrected chi connectivity index (χ4v) is 3.65. The van der Waals surface area contributed by atoms with Crippen molar-refractivity contribution in [3.05, 3.63) is 83.9 Å². The molecule has 4 rings (SSSR count). The van der Waals surface area contributed by atoms with Crippen molar-refractivity contribution >= 4 is 11.8 Å². The van der Waals surface area contributed by atoms with Crippen molar-refractivity contribution in [2.75, 3.05) is 26.2 Å². The van der Waals surface area contributed by atoms with Gasteiger partial charge >= 0.3 is 0 Å². The van der Waals surface area contributed by atoms with Gasteiger partial charge in [0, 0.05) is 55.4 Å². The van der Waals surface area contributed by atoms with E-state index in [1.807, 2.05) is 76.0 Å². The summed E-state index contributed by atoms with van der Waals surface area (Å²) in [4.78, 5) is 33.5. The van der Waals surface area contributed by atoms with E-state index in [4.69, 9.17) is 0 Å². The van der Waals surface area contributed by atoms with E-state index in [2.05, 4.69) is 4.98 Å². The molecule has 6 heteroatoms. The van der Waals surface area contributed by atoms with Crippen molar-refractivity contribution < 1.29 is 9.59 Å². The largest absolute Gasteiger partial charge is 0.337 e. The third-order valence-corrected chi connectivity index (χ3v) is 5.25. The summed E-state index contributed by atoms with van der Waals surface area (Å²) in [6, 6.07) is 15.2. The van der Waals surface area contributed by atoms with Crippen molar-refractivity contribution in [1.82, 2.24) is 19.4 Å². The molecule has 1 aliphatic rings. The van der Waals surface area contributed by atoms with E-state index in [-0.39, 0.29) is 11.8 Å². The second-order valence-corrected chi connectivity index (χ2v) is 7.32. The maximum Gasteiger partial charge on any atom is 0.253 e. The topological polar surface area (TPSA) is 58.4 Å². The predicted octanol–water partition coefficient (Wildman–Crippen LogP) is 3.17. The van der Waals surface area contributed by atoms with Crippen molar-refractivity contribution in [3.63, 3.8) is 0 Å². The highest BCUT2D eigenvalue weighted by Gasteiger charge is 2.23. The van der Waals surface area contributed by atoms with E-state index in [9.17, 15) is 9.59 Å². The maximum absolute atomic E-state index is 12.9. The molecular formula is C23H24N4O2. The van der Waals surface area contributed by atoms with E-state index in [0.29, 0.717) is 37.3 Å². The monoisotopic (exact) mass is 388 g/mol. The summed E-state index contributed by atoms with van der Waals surface area (Å²) in [5.74, 6) is 0.0414. The lowest BCUT2D eigenvalue weighted by atomic mass is 10.1. The molecule has 0 atom stereocenters. The highest BCUT2D eigenvalue weighted by Crippen LogP contribution is 2.15. The second kappa shape index (κ2) is 8.31. The lowest BCUT2D eigenvalue weighted by Crippen LogP contribution is -2.37. The number of aryl methyl sites for hydroxylation is 1. The van der Waals surface area contributed by atoms with Gasteiger partial charge in [-0.25, -0.2) is 4.98 Å². The summed E-state index contributed by atoms with van der Waals surface area (Å²) < 4.78 is 1.90. The van der Waals surface area contributed by atoms with Gasteiger partial charge in [0.25, 0.3) is 11.8 Å². The van der Waals surface area contributed by atoms with Crippen LogP contribution in [0.1, 0.15) is 32.7 Å². The predicted molar refractivity (Wildman–Crippen MR) is 111 cm³/mol. The first-order chi connectivity index (χ1) is 14.1. The van der Waals surface area contributed by atoms with Crippen LogP contribution in [-0.4, -0.2) is 57.3 Å². The van der Waals surface area contributed by atoms with Crippen molar-refractivity contribution in [2.45, 2.75) is 13.3 Å². The van der Waals surface area contributed by atoms with Gasteiger partial charge in [-0.15, -0.1) is 0 Å². The van der Waals surface area contributed by atoms with Crippen molar-refractivity contribution in [3.8, 4) is 5.69 Å². The lowest BCUT2D eigenvalue weighted by Gasteiger charge is -2.22. The molecule has 2 aromatic carbocycles. The summed E-state index contributed by atoms with van der Waals surface area (Å²) in [6.45, 7) is 4.39. The Balaban J connectivity index is 1.41. The molecule has 0 unspecified atom stereocenters. The molecular weight excluding hydrogens is 364 g/mol. The number of imidazole rings is 1. The van der Waals surface area contributed by atoms with Gasteiger partial charge in [0.1, 0.15) is 0 Å². The second-order valence-electron chi connectivity index (χ2n) is 7.32. The highest BCUT2D eigenvalue weighted by molar-refractivity contribution is 5.95. The Kier molecular flexibility index (Phi) is 5.42. The molecule has 29 heavy (non-hydrogen) atoms. The molecule has 6 nitrogen and oxygen atoms in total. The van der Waals surface area contributed by atoms with Crippen molar-refractivity contribution in [2.24, 2.45) is 0 Å². The normalized spacial score (nSPS) is 14.5. The molecule has 0 saturated carbocycles. The van der Waals surface area contributed by atoms with Crippen molar-refractivity contribution in [1.29, 1.82) is 0 Å². The smallest absolute Gasteiger partial charge is 0.253 e. The first-order valence-electron chi connectivity index (χ1n) is 9.85. The van der Waals surface area contributed by atoms with Crippen LogP contribution in [0.3, 0.4) is 0 Å². The number of hydrogen-bond acceptors (Lipinski definition) is 3. The van der Waals surface area contributed by atoms with E-state index in [0.717, 1.165) is 17.7 Å². The average molecular weight is 388 g/mol. The van der Waals surface area contributed by atoms with E-state index >= 15 is 0 Å². The minimum Gasteiger partial charge on any atom is -0.337 e. The minimum atomic E-state index is 0.00651. The Morgan fingerprint density at radius 2 is 1.55 bits per heavy atom. The molecule has 2 amide bonds. The lowest BCUT2D eigenvalue weighted by molar-refractivity contribution is 0.0718. The molecule has 0 bridgehead atoms. The minimum absolute atomic E-state index is 0.00651. The number of carbonyl (C=O) groups is 2. The van der Waals surface area contributed by atoms with E-state index < -0.39 is 0 Å². The molecule has 0 N–H and O–H groups in total. The zero-order chi connectivity index (χ0) is 20.2. The standard InChI is InChI=1S/C23H24N4O2/c1-18-4-2-5-20(16-18)23(29)26-12-3-11-25(14-15-26)22(28)19-6-8-21(9-7-19)27-13-10-24-17-27/h2,4-10,13,16-17H,3,11-12,14-15H2,1H3. The Bertz CT molecular complexity index is 996. The Labute approximate surface area is 170 Å². The molecule has 2 heterocycles.